The Hall–Kier alpha value is -0.923. The third kappa shape index (κ3) is 3.44. The van der Waals surface area contributed by atoms with Crippen molar-refractivity contribution in [1.82, 2.24) is 0 Å². The molecule has 7 heteroatoms. The Kier molecular flexibility index (Phi) is 4.75. The van der Waals surface area contributed by atoms with Gasteiger partial charge in [0.25, 0.3) is 0 Å². The second kappa shape index (κ2) is 5.08. The largest absolute Gasteiger partial charge is 0.402 e. The highest BCUT2D eigenvalue weighted by Gasteiger charge is 2.42. The summed E-state index contributed by atoms with van der Waals surface area (Å²) in [6, 6.07) is 0. The van der Waals surface area contributed by atoms with Crippen molar-refractivity contribution in [3.05, 3.63) is 0 Å². The van der Waals surface area contributed by atoms with Crippen molar-refractivity contribution in [2.24, 2.45) is 5.90 Å². The molecule has 0 bridgehead atoms. The number of hydrogen-bond acceptors (Lipinski definition) is 6. The Balaban J connectivity index is 4.77. The number of carbonyl (C=O) groups excluding carboxylic acids is 2. The van der Waals surface area contributed by atoms with Gasteiger partial charge in [-0.05, 0) is 0 Å². The minimum absolute atomic E-state index is 0.613. The van der Waals surface area contributed by atoms with Gasteiger partial charge < -0.3 is 9.47 Å². The highest BCUT2D eigenvalue weighted by atomic mass is 28.3. The molecule has 0 unspecified atom stereocenters. The molecule has 0 aromatic heterocycles. The van der Waals surface area contributed by atoms with Crippen molar-refractivity contribution in [2.75, 3.05) is 0 Å². The highest BCUT2D eigenvalue weighted by Crippen LogP contribution is 2.18. The van der Waals surface area contributed by atoms with Crippen LogP contribution in [-0.4, -0.2) is 26.3 Å². The molecule has 0 atom stereocenters. The number of ether oxygens (including phenoxy) is 2. The molecule has 0 aromatic carbocycles. The Morgan fingerprint density at radius 3 is 1.64 bits per heavy atom. The second-order valence-corrected chi connectivity index (χ2v) is 6.08. The quantitative estimate of drug-likeness (QED) is 0.303. The zero-order valence-electron chi connectivity index (χ0n) is 8.70. The number of esters is 2. The van der Waals surface area contributed by atoms with E-state index in [4.69, 9.17) is 15.4 Å². The van der Waals surface area contributed by atoms with E-state index in [0.29, 0.717) is 0 Å². The van der Waals surface area contributed by atoms with E-state index < -0.39 is 26.3 Å². The molecule has 0 aromatic rings. The van der Waals surface area contributed by atoms with Crippen LogP contribution in [-0.2, 0) is 23.9 Å². The molecule has 0 aliphatic heterocycles. The van der Waals surface area contributed by atoms with E-state index >= 15 is 0 Å². The molecule has 0 saturated heterocycles. The molecular formula is C7H15NO5Si. The Labute approximate surface area is 83.9 Å². The number of rotatable bonds is 4. The van der Waals surface area contributed by atoms with Crippen LogP contribution in [0.3, 0.4) is 0 Å². The lowest BCUT2D eigenvalue weighted by molar-refractivity contribution is -0.300. The van der Waals surface area contributed by atoms with Gasteiger partial charge in [0.05, 0.1) is 0 Å². The molecule has 0 spiro atoms. The molecule has 82 valence electrons. The Morgan fingerprint density at radius 1 is 1.14 bits per heavy atom. The highest BCUT2D eigenvalue weighted by molar-refractivity contribution is 6.58. The fourth-order valence-corrected chi connectivity index (χ4v) is 1.92. The van der Waals surface area contributed by atoms with E-state index in [-0.39, 0.29) is 0 Å². The third-order valence-electron chi connectivity index (χ3n) is 1.44. The molecule has 0 aliphatic carbocycles. The summed E-state index contributed by atoms with van der Waals surface area (Å²) in [7, 11) is -1.77. The van der Waals surface area contributed by atoms with Crippen molar-refractivity contribution < 1.29 is 23.9 Å². The van der Waals surface area contributed by atoms with E-state index in [9.17, 15) is 9.59 Å². The van der Waals surface area contributed by atoms with E-state index in [1.54, 1.807) is 13.1 Å². The molecule has 0 rings (SSSR count). The maximum atomic E-state index is 10.8. The van der Waals surface area contributed by atoms with Crippen LogP contribution < -0.4 is 5.90 Å². The first-order valence-electron chi connectivity index (χ1n) is 4.11. The van der Waals surface area contributed by atoms with Crippen LogP contribution in [0, 0.1) is 0 Å². The maximum Gasteiger partial charge on any atom is 0.353 e. The first kappa shape index (κ1) is 13.1. The lowest BCUT2D eigenvalue weighted by Gasteiger charge is -2.31. The molecule has 2 N–H and O–H groups in total. The summed E-state index contributed by atoms with van der Waals surface area (Å²) >= 11 is 0. The average molecular weight is 221 g/mol. The minimum atomic E-state index is -1.77. The van der Waals surface area contributed by atoms with E-state index in [0.717, 1.165) is 0 Å². The fourth-order valence-electron chi connectivity index (χ4n) is 0.841. The van der Waals surface area contributed by atoms with Crippen molar-refractivity contribution >= 4 is 20.7 Å². The van der Waals surface area contributed by atoms with E-state index in [2.05, 4.69) is 4.84 Å². The maximum absolute atomic E-state index is 10.8. The SMILES string of the molecule is CC(=O)OC(ON)(OC(C)=O)[SiH](C)C. The van der Waals surface area contributed by atoms with E-state index in [1.807, 2.05) is 0 Å². The fraction of sp³-hybridized carbons (Fsp3) is 0.714. The summed E-state index contributed by atoms with van der Waals surface area (Å²) < 4.78 is 9.58. The van der Waals surface area contributed by atoms with Gasteiger partial charge in [-0.25, -0.2) is 10.7 Å². The monoisotopic (exact) mass is 221 g/mol. The topological polar surface area (TPSA) is 87.8 Å². The molecular weight excluding hydrogens is 206 g/mol. The van der Waals surface area contributed by atoms with Crippen LogP contribution >= 0.6 is 0 Å². The summed E-state index contributed by atoms with van der Waals surface area (Å²) in [6.07, 6.45) is 0. The summed E-state index contributed by atoms with van der Waals surface area (Å²) in [5.74, 6) is 3.76. The molecule has 0 amide bonds. The molecule has 6 nitrogen and oxygen atoms in total. The normalized spacial score (nSPS) is 11.3. The van der Waals surface area contributed by atoms with Crippen LogP contribution in [0.15, 0.2) is 0 Å². The van der Waals surface area contributed by atoms with Crippen LogP contribution in [0.1, 0.15) is 13.8 Å². The zero-order valence-corrected chi connectivity index (χ0v) is 9.85. The van der Waals surface area contributed by atoms with Gasteiger partial charge in [0, 0.05) is 13.8 Å². The molecule has 14 heavy (non-hydrogen) atoms. The van der Waals surface area contributed by atoms with Gasteiger partial charge in [-0.15, -0.1) is 0 Å². The summed E-state index contributed by atoms with van der Waals surface area (Å²) in [4.78, 5) is 26.1. The predicted octanol–water partition coefficient (Wildman–Crippen LogP) is -0.317. The smallest absolute Gasteiger partial charge is 0.353 e. The molecule has 0 radical (unpaired) electrons. The predicted molar refractivity (Wildman–Crippen MR) is 50.4 cm³/mol. The molecule has 0 heterocycles. The lowest BCUT2D eigenvalue weighted by Crippen LogP contribution is -2.53. The van der Waals surface area contributed by atoms with Crippen LogP contribution in [0.4, 0.5) is 0 Å². The Bertz CT molecular complexity index is 214. The summed E-state index contributed by atoms with van der Waals surface area (Å²) in [6.45, 7) is 5.93. The van der Waals surface area contributed by atoms with Gasteiger partial charge in [0.1, 0.15) is 0 Å². The van der Waals surface area contributed by atoms with Gasteiger partial charge in [-0.3, -0.25) is 9.59 Å². The standard InChI is InChI=1S/C7H15NO5Si/c1-5(9)11-7(13-8,14(3)4)12-6(2)10/h14H,8H2,1-4H3. The van der Waals surface area contributed by atoms with Crippen LogP contribution in [0.2, 0.25) is 13.1 Å². The van der Waals surface area contributed by atoms with Crippen molar-refractivity contribution in [3.63, 3.8) is 0 Å². The van der Waals surface area contributed by atoms with Crippen LogP contribution in [0.25, 0.3) is 0 Å². The van der Waals surface area contributed by atoms with Gasteiger partial charge in [0.15, 0.2) is 8.80 Å². The number of carbonyl (C=O) groups is 2. The van der Waals surface area contributed by atoms with Crippen molar-refractivity contribution in [1.29, 1.82) is 0 Å². The second-order valence-electron chi connectivity index (χ2n) is 3.06. The van der Waals surface area contributed by atoms with Crippen molar-refractivity contribution in [3.8, 4) is 0 Å². The van der Waals surface area contributed by atoms with Gasteiger partial charge in [-0.1, -0.05) is 13.1 Å². The van der Waals surface area contributed by atoms with Crippen LogP contribution in [0.5, 0.6) is 0 Å². The summed E-state index contributed by atoms with van der Waals surface area (Å²) in [5.41, 5.74) is -1.70. The van der Waals surface area contributed by atoms with E-state index in [1.165, 1.54) is 13.8 Å². The Morgan fingerprint density at radius 2 is 1.50 bits per heavy atom. The molecule has 0 saturated carbocycles. The lowest BCUT2D eigenvalue weighted by atomic mass is 10.8. The zero-order chi connectivity index (χ0) is 11.4. The van der Waals surface area contributed by atoms with Gasteiger partial charge >= 0.3 is 17.5 Å². The average Bonchev–Trinajstić information content (AvgIpc) is 2.00. The summed E-state index contributed by atoms with van der Waals surface area (Å²) in [5, 5.41) is 0. The number of nitrogens with two attached hydrogens (primary N) is 1. The first-order chi connectivity index (χ1) is 6.34. The van der Waals surface area contributed by atoms with Crippen molar-refractivity contribution in [2.45, 2.75) is 32.5 Å². The third-order valence-corrected chi connectivity index (χ3v) is 3.23. The number of hydrogen-bond donors (Lipinski definition) is 1. The molecule has 0 fully saturated rings. The van der Waals surface area contributed by atoms with Gasteiger partial charge in [-0.2, -0.15) is 0 Å². The first-order valence-corrected chi connectivity index (χ1v) is 6.99. The minimum Gasteiger partial charge on any atom is -0.402 e. The molecule has 0 aliphatic rings. The van der Waals surface area contributed by atoms with Gasteiger partial charge in [0.2, 0.25) is 0 Å².